The summed E-state index contributed by atoms with van der Waals surface area (Å²) in [6.07, 6.45) is 5.16. The van der Waals surface area contributed by atoms with Gasteiger partial charge in [0, 0.05) is 48.9 Å². The Kier molecular flexibility index (Phi) is 6.13. The number of fused-ring (bicyclic) bond motifs is 1. The van der Waals surface area contributed by atoms with Gasteiger partial charge in [-0.15, -0.1) is 11.3 Å². The van der Waals surface area contributed by atoms with Crippen molar-refractivity contribution in [3.8, 4) is 5.75 Å². The maximum absolute atomic E-state index is 13.1. The van der Waals surface area contributed by atoms with Crippen molar-refractivity contribution in [3.63, 3.8) is 0 Å². The number of hydrogen-bond acceptors (Lipinski definition) is 6. The maximum Gasteiger partial charge on any atom is 0.272 e. The van der Waals surface area contributed by atoms with E-state index in [1.165, 1.54) is 24.2 Å². The van der Waals surface area contributed by atoms with Crippen LogP contribution in [0.15, 0.2) is 35.8 Å². The third-order valence-corrected chi connectivity index (χ3v) is 6.98. The second-order valence-corrected chi connectivity index (χ2v) is 9.58. The molecule has 2 aromatic heterocycles. The first-order valence-corrected chi connectivity index (χ1v) is 12.1. The Morgan fingerprint density at radius 3 is 2.94 bits per heavy atom. The Bertz CT molecular complexity index is 1150. The summed E-state index contributed by atoms with van der Waals surface area (Å²) < 4.78 is 7.28. The predicted molar refractivity (Wildman–Crippen MR) is 124 cm³/mol. The van der Waals surface area contributed by atoms with Crippen molar-refractivity contribution >= 4 is 23.2 Å². The first-order valence-electron chi connectivity index (χ1n) is 11.3. The molecule has 8 nitrogen and oxygen atoms in total. The third-order valence-electron chi connectivity index (χ3n) is 6.20. The first kappa shape index (κ1) is 21.6. The summed E-state index contributed by atoms with van der Waals surface area (Å²) in [7, 11) is 1.62. The molecule has 0 radical (unpaired) electrons. The lowest BCUT2D eigenvalue weighted by molar-refractivity contribution is -0.131. The van der Waals surface area contributed by atoms with E-state index in [0.717, 1.165) is 34.1 Å². The highest BCUT2D eigenvalue weighted by Crippen LogP contribution is 2.33. The minimum atomic E-state index is -0.210. The molecular weight excluding hydrogens is 438 g/mol. The first-order chi connectivity index (χ1) is 16.1. The Hall–Kier alpha value is -3.20. The van der Waals surface area contributed by atoms with Gasteiger partial charge < -0.3 is 15.0 Å². The van der Waals surface area contributed by atoms with Crippen molar-refractivity contribution < 1.29 is 14.3 Å². The molecule has 2 aliphatic rings. The fourth-order valence-electron chi connectivity index (χ4n) is 4.23. The van der Waals surface area contributed by atoms with Gasteiger partial charge in [0.2, 0.25) is 5.91 Å². The van der Waals surface area contributed by atoms with Gasteiger partial charge in [-0.2, -0.15) is 5.10 Å². The molecular formula is C24H27N5O3S. The Morgan fingerprint density at radius 2 is 2.18 bits per heavy atom. The van der Waals surface area contributed by atoms with Crippen LogP contribution in [0.2, 0.25) is 0 Å². The van der Waals surface area contributed by atoms with Gasteiger partial charge >= 0.3 is 0 Å². The molecule has 3 aromatic rings. The molecule has 1 aromatic carbocycles. The highest BCUT2D eigenvalue weighted by atomic mass is 32.1. The summed E-state index contributed by atoms with van der Waals surface area (Å²) in [6, 6.07) is 7.58. The van der Waals surface area contributed by atoms with Crippen molar-refractivity contribution in [1.29, 1.82) is 0 Å². The minimum Gasteiger partial charge on any atom is -0.497 e. The zero-order valence-electron chi connectivity index (χ0n) is 18.6. The van der Waals surface area contributed by atoms with E-state index < -0.39 is 0 Å². The summed E-state index contributed by atoms with van der Waals surface area (Å²) in [6.45, 7) is 2.26. The van der Waals surface area contributed by atoms with Gasteiger partial charge in [-0.3, -0.25) is 14.3 Å². The lowest BCUT2D eigenvalue weighted by atomic mass is 10.0. The number of benzene rings is 1. The largest absolute Gasteiger partial charge is 0.497 e. The number of nitrogens with one attached hydrogen (secondary N) is 1. The van der Waals surface area contributed by atoms with Crippen LogP contribution in [0.3, 0.4) is 0 Å². The van der Waals surface area contributed by atoms with E-state index in [0.29, 0.717) is 44.1 Å². The van der Waals surface area contributed by atoms with Crippen LogP contribution in [-0.2, 0) is 37.3 Å². The summed E-state index contributed by atoms with van der Waals surface area (Å²) in [4.78, 5) is 32.2. The number of nitrogens with zero attached hydrogens (tertiary/aromatic N) is 4. The molecule has 0 unspecified atom stereocenters. The molecule has 0 spiro atoms. The van der Waals surface area contributed by atoms with Gasteiger partial charge in [0.25, 0.3) is 5.91 Å². The molecule has 0 saturated heterocycles. The fourth-order valence-corrected chi connectivity index (χ4v) is 4.79. The van der Waals surface area contributed by atoms with Gasteiger partial charge in [-0.25, -0.2) is 4.98 Å². The van der Waals surface area contributed by atoms with Gasteiger partial charge in [-0.05, 0) is 36.5 Å². The topological polar surface area (TPSA) is 89.3 Å². The van der Waals surface area contributed by atoms with Crippen molar-refractivity contribution in [2.24, 2.45) is 5.92 Å². The van der Waals surface area contributed by atoms with Crippen molar-refractivity contribution in [1.82, 2.24) is 25.0 Å². The lowest BCUT2D eigenvalue weighted by Crippen LogP contribution is -2.38. The van der Waals surface area contributed by atoms with E-state index in [2.05, 4.69) is 10.3 Å². The van der Waals surface area contributed by atoms with Crippen LogP contribution in [0, 0.1) is 5.92 Å². The van der Waals surface area contributed by atoms with Crippen LogP contribution in [0.4, 0.5) is 0 Å². The van der Waals surface area contributed by atoms with Crippen molar-refractivity contribution in [2.45, 2.75) is 45.3 Å². The summed E-state index contributed by atoms with van der Waals surface area (Å²) >= 11 is 1.51. The number of amides is 2. The van der Waals surface area contributed by atoms with Gasteiger partial charge in [-0.1, -0.05) is 12.1 Å². The Balaban J connectivity index is 1.33. The molecule has 0 bridgehead atoms. The molecule has 9 heteroatoms. The number of carbonyl (C=O) groups excluding carboxylic acids is 2. The SMILES string of the molecule is COc1cccc(CC(=O)N2CCc3c(c(C(=O)NCc4nccs4)nn3CC3CC3)C2)c1. The Labute approximate surface area is 196 Å². The zero-order chi connectivity index (χ0) is 22.8. The summed E-state index contributed by atoms with van der Waals surface area (Å²) in [5.74, 6) is 1.21. The zero-order valence-corrected chi connectivity index (χ0v) is 19.4. The molecule has 1 N–H and O–H groups in total. The maximum atomic E-state index is 13.1. The molecule has 2 amide bonds. The summed E-state index contributed by atoms with van der Waals surface area (Å²) in [5.41, 5.74) is 3.31. The van der Waals surface area contributed by atoms with Crippen LogP contribution in [-0.4, -0.2) is 45.1 Å². The molecule has 172 valence electrons. The number of aromatic nitrogens is 3. The normalized spacial score (nSPS) is 15.2. The number of thiazole rings is 1. The van der Waals surface area contributed by atoms with Crippen molar-refractivity contribution in [3.05, 3.63) is 63.4 Å². The number of ether oxygens (including phenoxy) is 1. The molecule has 1 aliphatic heterocycles. The van der Waals surface area contributed by atoms with Crippen LogP contribution in [0.1, 0.15) is 45.2 Å². The third kappa shape index (κ3) is 4.93. The minimum absolute atomic E-state index is 0.0398. The van der Waals surface area contributed by atoms with Crippen LogP contribution < -0.4 is 10.1 Å². The van der Waals surface area contributed by atoms with E-state index >= 15 is 0 Å². The highest BCUT2D eigenvalue weighted by molar-refractivity contribution is 7.09. The fraction of sp³-hybridized carbons (Fsp3) is 0.417. The predicted octanol–water partition coefficient (Wildman–Crippen LogP) is 2.82. The molecule has 1 aliphatic carbocycles. The number of carbonyl (C=O) groups is 2. The average Bonchev–Trinajstić information content (AvgIpc) is 3.36. The molecule has 3 heterocycles. The second kappa shape index (κ2) is 9.35. The van der Waals surface area contributed by atoms with E-state index in [-0.39, 0.29) is 11.8 Å². The molecule has 5 rings (SSSR count). The van der Waals surface area contributed by atoms with E-state index in [1.54, 1.807) is 13.3 Å². The smallest absolute Gasteiger partial charge is 0.272 e. The van der Waals surface area contributed by atoms with E-state index in [1.807, 2.05) is 39.2 Å². The molecule has 0 atom stereocenters. The van der Waals surface area contributed by atoms with Crippen LogP contribution in [0.25, 0.3) is 0 Å². The van der Waals surface area contributed by atoms with Gasteiger partial charge in [0.15, 0.2) is 5.69 Å². The standard InChI is InChI=1S/C24H27N5O3S/c1-32-18-4-2-3-17(11-18)12-22(30)28-9-7-20-19(15-28)23(27-29(20)14-16-5-6-16)24(31)26-13-21-25-8-10-33-21/h2-4,8,10-11,16H,5-7,9,12-15H2,1H3,(H,26,31). The number of methoxy groups -OCH3 is 1. The van der Waals surface area contributed by atoms with Crippen molar-refractivity contribution in [2.75, 3.05) is 13.7 Å². The second-order valence-electron chi connectivity index (χ2n) is 8.60. The summed E-state index contributed by atoms with van der Waals surface area (Å²) in [5, 5.41) is 10.4. The van der Waals surface area contributed by atoms with E-state index in [9.17, 15) is 9.59 Å². The highest BCUT2D eigenvalue weighted by Gasteiger charge is 2.32. The number of rotatable bonds is 8. The van der Waals surface area contributed by atoms with Gasteiger partial charge in [0.05, 0.1) is 20.1 Å². The molecule has 33 heavy (non-hydrogen) atoms. The van der Waals surface area contributed by atoms with E-state index in [4.69, 9.17) is 9.84 Å². The average molecular weight is 466 g/mol. The van der Waals surface area contributed by atoms with Crippen LogP contribution >= 0.6 is 11.3 Å². The monoisotopic (exact) mass is 465 g/mol. The van der Waals surface area contributed by atoms with Gasteiger partial charge in [0.1, 0.15) is 10.8 Å². The quantitative estimate of drug-likeness (QED) is 0.553. The lowest BCUT2D eigenvalue weighted by Gasteiger charge is -2.28. The molecule has 1 saturated carbocycles. The number of hydrogen-bond donors (Lipinski definition) is 1. The molecule has 1 fully saturated rings. The Morgan fingerprint density at radius 1 is 1.30 bits per heavy atom. The van der Waals surface area contributed by atoms with Crippen LogP contribution in [0.5, 0.6) is 5.75 Å².